The lowest BCUT2D eigenvalue weighted by Crippen LogP contribution is -2.50. The van der Waals surface area contributed by atoms with E-state index < -0.39 is 0 Å². The summed E-state index contributed by atoms with van der Waals surface area (Å²) < 4.78 is 0. The van der Waals surface area contributed by atoms with E-state index in [0.29, 0.717) is 6.04 Å². The summed E-state index contributed by atoms with van der Waals surface area (Å²) in [6.07, 6.45) is 6.66. The first kappa shape index (κ1) is 15.9. The fourth-order valence-corrected chi connectivity index (χ4v) is 3.06. The van der Waals surface area contributed by atoms with Gasteiger partial charge < -0.3 is 15.3 Å². The van der Waals surface area contributed by atoms with Crippen molar-refractivity contribution < 1.29 is 5.11 Å². The van der Waals surface area contributed by atoms with Gasteiger partial charge in [0.2, 0.25) is 0 Å². The van der Waals surface area contributed by atoms with Crippen LogP contribution in [0.1, 0.15) is 52.9 Å². The van der Waals surface area contributed by atoms with Crippen LogP contribution in [0.4, 0.5) is 0 Å². The first-order chi connectivity index (χ1) is 8.45. The molecule has 108 valence electrons. The Kier molecular flexibility index (Phi) is 6.61. The largest absolute Gasteiger partial charge is 0.394 e. The highest BCUT2D eigenvalue weighted by atomic mass is 16.3. The number of hydrogen-bond acceptors (Lipinski definition) is 3. The molecular weight excluding hydrogens is 224 g/mol. The maximum atomic E-state index is 9.55. The third-order valence-corrected chi connectivity index (χ3v) is 4.08. The Labute approximate surface area is 113 Å². The van der Waals surface area contributed by atoms with E-state index in [1.54, 1.807) is 0 Å². The molecule has 0 aromatic heterocycles. The molecule has 2 N–H and O–H groups in total. The van der Waals surface area contributed by atoms with Crippen molar-refractivity contribution in [3.8, 4) is 0 Å². The average molecular weight is 256 g/mol. The molecule has 0 aromatic carbocycles. The number of rotatable bonds is 8. The van der Waals surface area contributed by atoms with E-state index in [1.807, 2.05) is 0 Å². The predicted molar refractivity (Wildman–Crippen MR) is 77.8 cm³/mol. The maximum absolute atomic E-state index is 9.55. The zero-order valence-electron chi connectivity index (χ0n) is 12.7. The van der Waals surface area contributed by atoms with Crippen LogP contribution in [0.2, 0.25) is 0 Å². The number of nitrogens with one attached hydrogen (secondary N) is 1. The first-order valence-corrected chi connectivity index (χ1v) is 7.52. The summed E-state index contributed by atoms with van der Waals surface area (Å²) in [5.41, 5.74) is -0.141. The summed E-state index contributed by atoms with van der Waals surface area (Å²) in [4.78, 5) is 2.44. The monoisotopic (exact) mass is 256 g/mol. The Morgan fingerprint density at radius 2 is 1.94 bits per heavy atom. The normalized spacial score (nSPS) is 20.8. The molecule has 18 heavy (non-hydrogen) atoms. The minimum absolute atomic E-state index is 0.141. The topological polar surface area (TPSA) is 35.5 Å². The molecule has 0 radical (unpaired) electrons. The number of nitrogens with zero attached hydrogens (tertiary/aromatic N) is 1. The summed E-state index contributed by atoms with van der Waals surface area (Å²) in [7, 11) is 2.21. The second kappa shape index (κ2) is 7.46. The molecule has 1 saturated carbocycles. The van der Waals surface area contributed by atoms with Gasteiger partial charge in [0.05, 0.1) is 6.61 Å². The fourth-order valence-electron chi connectivity index (χ4n) is 3.06. The second-order valence-corrected chi connectivity index (χ2v) is 6.68. The zero-order valence-corrected chi connectivity index (χ0v) is 12.7. The lowest BCUT2D eigenvalue weighted by molar-refractivity contribution is 0.140. The molecule has 1 aliphatic carbocycles. The lowest BCUT2D eigenvalue weighted by atomic mass is 9.97. The highest BCUT2D eigenvalue weighted by Crippen LogP contribution is 2.25. The van der Waals surface area contributed by atoms with Crippen LogP contribution in [-0.4, -0.2) is 48.3 Å². The number of aliphatic hydroxyl groups is 1. The summed E-state index contributed by atoms with van der Waals surface area (Å²) >= 11 is 0. The van der Waals surface area contributed by atoms with E-state index in [0.717, 1.165) is 18.9 Å². The average Bonchev–Trinajstić information content (AvgIpc) is 2.78. The number of hydrogen-bond donors (Lipinski definition) is 2. The Morgan fingerprint density at radius 3 is 2.44 bits per heavy atom. The zero-order chi connectivity index (χ0) is 13.6. The van der Waals surface area contributed by atoms with Crippen LogP contribution >= 0.6 is 0 Å². The van der Waals surface area contributed by atoms with Gasteiger partial charge in [0.25, 0.3) is 0 Å². The van der Waals surface area contributed by atoms with Crippen LogP contribution in [0.15, 0.2) is 0 Å². The standard InChI is InChI=1S/C15H32N2O/c1-13(2)16-15(3,12-18)9-10-17(4)11-14-7-5-6-8-14/h13-14,16,18H,5-12H2,1-4H3. The minimum atomic E-state index is -0.141. The van der Waals surface area contributed by atoms with Crippen LogP contribution in [0.25, 0.3) is 0 Å². The molecular formula is C15H32N2O. The van der Waals surface area contributed by atoms with Crippen molar-refractivity contribution in [3.05, 3.63) is 0 Å². The van der Waals surface area contributed by atoms with Crippen molar-refractivity contribution >= 4 is 0 Å². The molecule has 1 unspecified atom stereocenters. The van der Waals surface area contributed by atoms with E-state index >= 15 is 0 Å². The van der Waals surface area contributed by atoms with Gasteiger partial charge in [-0.1, -0.05) is 26.7 Å². The molecule has 1 atom stereocenters. The van der Waals surface area contributed by atoms with E-state index in [2.05, 4.69) is 38.0 Å². The summed E-state index contributed by atoms with van der Waals surface area (Å²) in [5, 5.41) is 13.0. The number of aliphatic hydroxyl groups excluding tert-OH is 1. The van der Waals surface area contributed by atoms with Crippen LogP contribution in [-0.2, 0) is 0 Å². The molecule has 0 spiro atoms. The third kappa shape index (κ3) is 5.68. The molecule has 1 rings (SSSR count). The van der Waals surface area contributed by atoms with Gasteiger partial charge in [-0.25, -0.2) is 0 Å². The van der Waals surface area contributed by atoms with E-state index in [9.17, 15) is 5.11 Å². The fraction of sp³-hybridized carbons (Fsp3) is 1.00. The Bertz CT molecular complexity index is 227. The van der Waals surface area contributed by atoms with Gasteiger partial charge in [0, 0.05) is 18.1 Å². The van der Waals surface area contributed by atoms with Gasteiger partial charge in [-0.15, -0.1) is 0 Å². The minimum Gasteiger partial charge on any atom is -0.394 e. The second-order valence-electron chi connectivity index (χ2n) is 6.68. The smallest absolute Gasteiger partial charge is 0.0611 e. The highest BCUT2D eigenvalue weighted by Gasteiger charge is 2.24. The predicted octanol–water partition coefficient (Wildman–Crippen LogP) is 2.25. The van der Waals surface area contributed by atoms with Crippen LogP contribution < -0.4 is 5.32 Å². The van der Waals surface area contributed by atoms with Gasteiger partial charge in [0.1, 0.15) is 0 Å². The lowest BCUT2D eigenvalue weighted by Gasteiger charge is -2.33. The van der Waals surface area contributed by atoms with Crippen molar-refractivity contribution in [2.24, 2.45) is 5.92 Å². The van der Waals surface area contributed by atoms with E-state index in [1.165, 1.54) is 32.2 Å². The van der Waals surface area contributed by atoms with Crippen molar-refractivity contribution in [1.82, 2.24) is 10.2 Å². The summed E-state index contributed by atoms with van der Waals surface area (Å²) in [6.45, 7) is 8.89. The van der Waals surface area contributed by atoms with Crippen molar-refractivity contribution in [3.63, 3.8) is 0 Å². The van der Waals surface area contributed by atoms with Gasteiger partial charge >= 0.3 is 0 Å². The molecule has 1 aliphatic rings. The van der Waals surface area contributed by atoms with Crippen molar-refractivity contribution in [1.29, 1.82) is 0 Å². The van der Waals surface area contributed by atoms with Crippen molar-refractivity contribution in [2.75, 3.05) is 26.7 Å². The Balaban J connectivity index is 2.27. The quantitative estimate of drug-likeness (QED) is 0.699. The molecule has 3 heteroatoms. The Morgan fingerprint density at radius 1 is 1.33 bits per heavy atom. The van der Waals surface area contributed by atoms with Gasteiger partial charge in [-0.05, 0) is 45.7 Å². The maximum Gasteiger partial charge on any atom is 0.0611 e. The third-order valence-electron chi connectivity index (χ3n) is 4.08. The van der Waals surface area contributed by atoms with Crippen LogP contribution in [0.5, 0.6) is 0 Å². The molecule has 0 heterocycles. The molecule has 0 aromatic rings. The first-order valence-electron chi connectivity index (χ1n) is 7.52. The molecule has 3 nitrogen and oxygen atoms in total. The van der Waals surface area contributed by atoms with E-state index in [4.69, 9.17) is 0 Å². The highest BCUT2D eigenvalue weighted by molar-refractivity contribution is 4.85. The molecule has 1 fully saturated rings. The van der Waals surface area contributed by atoms with Gasteiger partial charge in [-0.3, -0.25) is 0 Å². The van der Waals surface area contributed by atoms with Gasteiger partial charge in [0.15, 0.2) is 0 Å². The molecule has 0 aliphatic heterocycles. The van der Waals surface area contributed by atoms with Crippen LogP contribution in [0.3, 0.4) is 0 Å². The van der Waals surface area contributed by atoms with Crippen LogP contribution in [0, 0.1) is 5.92 Å². The molecule has 0 bridgehead atoms. The molecule has 0 amide bonds. The van der Waals surface area contributed by atoms with Crippen molar-refractivity contribution in [2.45, 2.75) is 64.5 Å². The molecule has 0 saturated heterocycles. The SMILES string of the molecule is CC(C)NC(C)(CO)CCN(C)CC1CCCC1. The summed E-state index contributed by atoms with van der Waals surface area (Å²) in [5.74, 6) is 0.911. The van der Waals surface area contributed by atoms with E-state index in [-0.39, 0.29) is 12.1 Å². The van der Waals surface area contributed by atoms with Gasteiger partial charge in [-0.2, -0.15) is 0 Å². The Hall–Kier alpha value is -0.120. The summed E-state index contributed by atoms with van der Waals surface area (Å²) in [6, 6.07) is 0.419.